The number of ether oxygens (including phenoxy) is 2. The Balaban J connectivity index is 1.16. The number of benzene rings is 1. The highest BCUT2D eigenvalue weighted by atomic mass is 35.5. The first-order valence-corrected chi connectivity index (χ1v) is 12.4. The third-order valence-corrected chi connectivity index (χ3v) is 8.52. The average Bonchev–Trinajstić information content (AvgIpc) is 3.09. The molecule has 1 aromatic heterocycles. The lowest BCUT2D eigenvalue weighted by Crippen LogP contribution is -2.46. The molecule has 2 aromatic rings. The number of amides is 1. The molecule has 6 rings (SSSR count). The van der Waals surface area contributed by atoms with Crippen molar-refractivity contribution < 1.29 is 19.4 Å². The Bertz CT molecular complexity index is 1070. The molecule has 0 unspecified atom stereocenters. The molecule has 0 bridgehead atoms. The molecule has 8 heteroatoms. The van der Waals surface area contributed by atoms with E-state index >= 15 is 0 Å². The first-order chi connectivity index (χ1) is 16.0. The molecular weight excluding hydrogens is 442 g/mol. The van der Waals surface area contributed by atoms with Crippen molar-refractivity contribution >= 4 is 34.1 Å². The van der Waals surface area contributed by atoms with E-state index in [9.17, 15) is 9.90 Å². The van der Waals surface area contributed by atoms with E-state index in [4.69, 9.17) is 21.1 Å². The summed E-state index contributed by atoms with van der Waals surface area (Å²) in [6.07, 6.45) is 5.27. The van der Waals surface area contributed by atoms with E-state index in [0.29, 0.717) is 31.6 Å². The van der Waals surface area contributed by atoms with E-state index in [-0.39, 0.29) is 23.3 Å². The molecule has 3 aliphatic heterocycles. The second kappa shape index (κ2) is 8.47. The van der Waals surface area contributed by atoms with Gasteiger partial charge in [-0.2, -0.15) is 0 Å². The fraction of sp³-hybridized carbons (Fsp3) is 0.600. The summed E-state index contributed by atoms with van der Waals surface area (Å²) in [4.78, 5) is 19.5. The zero-order chi connectivity index (χ0) is 22.6. The van der Waals surface area contributed by atoms with Gasteiger partial charge in [0.25, 0.3) is 0 Å². The molecule has 1 aliphatic carbocycles. The summed E-state index contributed by atoms with van der Waals surface area (Å²) in [5, 5.41) is 15.9. The minimum atomic E-state index is -0.390. The molecule has 7 nitrogen and oxygen atoms in total. The topological polar surface area (TPSA) is 83.9 Å². The Morgan fingerprint density at radius 1 is 1.18 bits per heavy atom. The largest absolute Gasteiger partial charge is 0.389 e. The molecule has 0 radical (unpaired) electrons. The SMILES string of the molecule is O=C(Nc1cc2cc(C3CCN([C@@H]4COC[C@@H]4O)CC3)c(Cl)cc2cn1)[C@@H]1C[C@@]12CCOC2. The first-order valence-electron chi connectivity index (χ1n) is 12.0. The number of fused-ring (bicyclic) bond motifs is 1. The molecule has 1 aromatic carbocycles. The van der Waals surface area contributed by atoms with Gasteiger partial charge in [-0.25, -0.2) is 4.98 Å². The lowest BCUT2D eigenvalue weighted by molar-refractivity contribution is -0.118. The summed E-state index contributed by atoms with van der Waals surface area (Å²) in [6, 6.07) is 6.20. The average molecular weight is 472 g/mol. The van der Waals surface area contributed by atoms with Crippen molar-refractivity contribution in [1.82, 2.24) is 9.88 Å². The van der Waals surface area contributed by atoms with Crippen LogP contribution in [0.5, 0.6) is 0 Å². The lowest BCUT2D eigenvalue weighted by Gasteiger charge is -2.36. The number of nitrogens with one attached hydrogen (secondary N) is 1. The highest BCUT2D eigenvalue weighted by Crippen LogP contribution is 2.58. The second-order valence-corrected chi connectivity index (χ2v) is 10.6. The summed E-state index contributed by atoms with van der Waals surface area (Å²) in [5.41, 5.74) is 1.22. The zero-order valence-electron chi connectivity index (χ0n) is 18.6. The summed E-state index contributed by atoms with van der Waals surface area (Å²) in [5.74, 6) is 1.04. The number of aromatic nitrogens is 1. The number of piperidine rings is 1. The number of likely N-dealkylation sites (tertiary alicyclic amines) is 1. The van der Waals surface area contributed by atoms with Crippen LogP contribution in [0.2, 0.25) is 5.02 Å². The molecule has 4 aliphatic rings. The molecule has 33 heavy (non-hydrogen) atoms. The number of hydrogen-bond donors (Lipinski definition) is 2. The Labute approximate surface area is 198 Å². The van der Waals surface area contributed by atoms with Crippen LogP contribution in [-0.2, 0) is 14.3 Å². The molecular formula is C25H30ClN3O4. The summed E-state index contributed by atoms with van der Waals surface area (Å²) in [7, 11) is 0. The summed E-state index contributed by atoms with van der Waals surface area (Å²) < 4.78 is 10.9. The van der Waals surface area contributed by atoms with Gasteiger partial charge in [0, 0.05) is 34.5 Å². The second-order valence-electron chi connectivity index (χ2n) is 10.2. The van der Waals surface area contributed by atoms with Crippen molar-refractivity contribution in [3.63, 3.8) is 0 Å². The fourth-order valence-corrected chi connectivity index (χ4v) is 6.30. The van der Waals surface area contributed by atoms with Gasteiger partial charge in [-0.15, -0.1) is 0 Å². The molecule has 176 valence electrons. The standard InChI is InChI=1S/C25H30ClN3O4/c26-20-8-17-11-27-23(28-24(31)19-10-25(19)3-6-32-14-25)9-16(17)7-18(20)15-1-4-29(5-2-15)21-12-33-13-22(21)30/h7-9,11,15,19,21-22,30H,1-6,10,12-14H2,(H,27,28,31)/t19-,21+,22-,25+/m0/s1. The predicted octanol–water partition coefficient (Wildman–Crippen LogP) is 3.19. The molecule has 3 saturated heterocycles. The van der Waals surface area contributed by atoms with Gasteiger partial charge in [0.15, 0.2) is 0 Å². The molecule has 4 heterocycles. The van der Waals surface area contributed by atoms with E-state index in [2.05, 4.69) is 21.3 Å². The highest BCUT2D eigenvalue weighted by molar-refractivity contribution is 6.32. The Morgan fingerprint density at radius 2 is 2.03 bits per heavy atom. The van der Waals surface area contributed by atoms with E-state index in [1.807, 2.05) is 12.1 Å². The molecule has 1 spiro atoms. The number of hydrogen-bond acceptors (Lipinski definition) is 6. The molecule has 1 amide bonds. The zero-order valence-corrected chi connectivity index (χ0v) is 19.4. The quantitative estimate of drug-likeness (QED) is 0.712. The van der Waals surface area contributed by atoms with Gasteiger partial charge in [-0.1, -0.05) is 11.6 Å². The number of nitrogens with zero attached hydrogens (tertiary/aromatic N) is 2. The van der Waals surface area contributed by atoms with Crippen LogP contribution in [0.15, 0.2) is 24.4 Å². The monoisotopic (exact) mass is 471 g/mol. The minimum absolute atomic E-state index is 0.0345. The van der Waals surface area contributed by atoms with E-state index < -0.39 is 6.10 Å². The van der Waals surface area contributed by atoms with Crippen LogP contribution in [-0.4, -0.2) is 72.6 Å². The van der Waals surface area contributed by atoms with Crippen molar-refractivity contribution in [2.75, 3.05) is 44.8 Å². The number of carbonyl (C=O) groups is 1. The van der Waals surface area contributed by atoms with Crippen molar-refractivity contribution in [3.8, 4) is 0 Å². The number of rotatable bonds is 4. The Morgan fingerprint density at radius 3 is 2.76 bits per heavy atom. The van der Waals surface area contributed by atoms with Crippen LogP contribution >= 0.6 is 11.6 Å². The van der Waals surface area contributed by atoms with Crippen molar-refractivity contribution in [1.29, 1.82) is 0 Å². The highest BCUT2D eigenvalue weighted by Gasteiger charge is 2.59. The number of pyridine rings is 1. The van der Waals surface area contributed by atoms with Crippen molar-refractivity contribution in [2.45, 2.75) is 43.7 Å². The van der Waals surface area contributed by atoms with Crippen LogP contribution in [0.3, 0.4) is 0 Å². The van der Waals surface area contributed by atoms with Gasteiger partial charge in [0.05, 0.1) is 32.0 Å². The van der Waals surface area contributed by atoms with E-state index in [1.54, 1.807) is 6.20 Å². The van der Waals surface area contributed by atoms with Gasteiger partial charge in [0.2, 0.25) is 5.91 Å². The lowest BCUT2D eigenvalue weighted by atomic mass is 9.87. The predicted molar refractivity (Wildman–Crippen MR) is 126 cm³/mol. The van der Waals surface area contributed by atoms with Crippen LogP contribution < -0.4 is 5.32 Å². The number of aliphatic hydroxyl groups excluding tert-OH is 1. The van der Waals surface area contributed by atoms with Gasteiger partial charge < -0.3 is 19.9 Å². The van der Waals surface area contributed by atoms with Crippen LogP contribution in [0.1, 0.15) is 37.2 Å². The maximum atomic E-state index is 12.7. The van der Waals surface area contributed by atoms with Crippen molar-refractivity contribution in [2.24, 2.45) is 11.3 Å². The fourth-order valence-electron chi connectivity index (χ4n) is 5.98. The van der Waals surface area contributed by atoms with Crippen LogP contribution in [0.25, 0.3) is 10.8 Å². The third kappa shape index (κ3) is 4.04. The first kappa shape index (κ1) is 21.7. The van der Waals surface area contributed by atoms with Crippen LogP contribution in [0.4, 0.5) is 5.82 Å². The third-order valence-electron chi connectivity index (χ3n) is 8.19. The molecule has 1 saturated carbocycles. The molecule has 4 atom stereocenters. The molecule has 2 N–H and O–H groups in total. The van der Waals surface area contributed by atoms with Gasteiger partial charge in [-0.3, -0.25) is 9.69 Å². The Kier molecular flexibility index (Phi) is 5.58. The van der Waals surface area contributed by atoms with Crippen LogP contribution in [0, 0.1) is 11.3 Å². The van der Waals surface area contributed by atoms with E-state index in [1.165, 1.54) is 0 Å². The number of anilines is 1. The van der Waals surface area contributed by atoms with Gasteiger partial charge in [0.1, 0.15) is 5.82 Å². The number of aliphatic hydroxyl groups is 1. The normalized spacial score (nSPS) is 32.6. The number of halogens is 1. The summed E-state index contributed by atoms with van der Waals surface area (Å²) in [6.45, 7) is 4.35. The van der Waals surface area contributed by atoms with Crippen molar-refractivity contribution in [3.05, 3.63) is 35.0 Å². The maximum Gasteiger partial charge on any atom is 0.229 e. The smallest absolute Gasteiger partial charge is 0.229 e. The van der Waals surface area contributed by atoms with Gasteiger partial charge >= 0.3 is 0 Å². The molecule has 4 fully saturated rings. The summed E-state index contributed by atoms with van der Waals surface area (Å²) >= 11 is 6.68. The Hall–Kier alpha value is -1.77. The van der Waals surface area contributed by atoms with Gasteiger partial charge in [-0.05, 0) is 73.8 Å². The maximum absolute atomic E-state index is 12.7. The number of carbonyl (C=O) groups excluding carboxylic acids is 1. The van der Waals surface area contributed by atoms with E-state index in [0.717, 1.165) is 66.7 Å². The minimum Gasteiger partial charge on any atom is -0.389 e.